The van der Waals surface area contributed by atoms with E-state index in [4.69, 9.17) is 4.42 Å². The van der Waals surface area contributed by atoms with Crippen LogP contribution < -0.4 is 5.32 Å². The molecule has 0 atom stereocenters. The standard InChI is InChI=1S/C15H14BrN3O2/c16-14-7-6-13(21-14)15(20)17-8-3-9-19-12-5-2-1-4-11(12)10-18-19/h1-2,4-7,10H,3,8-9H2,(H,17,20). The topological polar surface area (TPSA) is 60.1 Å². The summed E-state index contributed by atoms with van der Waals surface area (Å²) in [5.74, 6) is 0.109. The molecule has 1 amide bonds. The molecule has 6 heteroatoms. The zero-order valence-electron chi connectivity index (χ0n) is 11.3. The van der Waals surface area contributed by atoms with Gasteiger partial charge in [0.2, 0.25) is 0 Å². The Morgan fingerprint density at radius 2 is 2.14 bits per heavy atom. The van der Waals surface area contributed by atoms with Crippen LogP contribution in [0.3, 0.4) is 0 Å². The van der Waals surface area contributed by atoms with Crippen LogP contribution in [0, 0.1) is 0 Å². The quantitative estimate of drug-likeness (QED) is 0.721. The van der Waals surface area contributed by atoms with E-state index in [1.54, 1.807) is 12.1 Å². The summed E-state index contributed by atoms with van der Waals surface area (Å²) in [5, 5.41) is 8.31. The van der Waals surface area contributed by atoms with Gasteiger partial charge < -0.3 is 9.73 Å². The molecular weight excluding hydrogens is 334 g/mol. The molecule has 21 heavy (non-hydrogen) atoms. The lowest BCUT2D eigenvalue weighted by atomic mass is 10.2. The van der Waals surface area contributed by atoms with Gasteiger partial charge in [-0.3, -0.25) is 9.48 Å². The Morgan fingerprint density at radius 1 is 1.29 bits per heavy atom. The molecule has 2 heterocycles. The molecule has 0 unspecified atom stereocenters. The summed E-state index contributed by atoms with van der Waals surface area (Å²) in [7, 11) is 0. The fourth-order valence-electron chi connectivity index (χ4n) is 2.16. The Bertz CT molecular complexity index is 763. The van der Waals surface area contributed by atoms with E-state index in [0.29, 0.717) is 17.0 Å². The molecule has 1 N–H and O–H groups in total. The average Bonchev–Trinajstić information content (AvgIpc) is 3.10. The summed E-state index contributed by atoms with van der Waals surface area (Å²) < 4.78 is 7.69. The minimum Gasteiger partial charge on any atom is -0.444 e. The zero-order valence-corrected chi connectivity index (χ0v) is 12.8. The van der Waals surface area contributed by atoms with E-state index in [2.05, 4.69) is 26.3 Å². The van der Waals surface area contributed by atoms with E-state index in [9.17, 15) is 4.79 Å². The SMILES string of the molecule is O=C(NCCCn1ncc2ccccc21)c1ccc(Br)o1. The van der Waals surface area contributed by atoms with Crippen molar-refractivity contribution in [2.45, 2.75) is 13.0 Å². The minimum atomic E-state index is -0.203. The summed E-state index contributed by atoms with van der Waals surface area (Å²) in [6.45, 7) is 1.33. The molecule has 0 aliphatic rings. The van der Waals surface area contributed by atoms with E-state index in [1.165, 1.54) is 0 Å². The lowest BCUT2D eigenvalue weighted by molar-refractivity contribution is 0.0923. The summed E-state index contributed by atoms with van der Waals surface area (Å²) in [6, 6.07) is 11.4. The van der Waals surface area contributed by atoms with Crippen LogP contribution in [0.5, 0.6) is 0 Å². The van der Waals surface area contributed by atoms with Gasteiger partial charge in [-0.2, -0.15) is 5.10 Å². The maximum absolute atomic E-state index is 11.8. The second kappa shape index (κ2) is 6.13. The van der Waals surface area contributed by atoms with Crippen molar-refractivity contribution in [1.82, 2.24) is 15.1 Å². The Balaban J connectivity index is 1.51. The van der Waals surface area contributed by atoms with Crippen LogP contribution in [0.4, 0.5) is 0 Å². The number of amides is 1. The molecule has 0 fully saturated rings. The second-order valence-electron chi connectivity index (χ2n) is 4.64. The number of furan rings is 1. The van der Waals surface area contributed by atoms with Gasteiger partial charge in [0, 0.05) is 18.5 Å². The summed E-state index contributed by atoms with van der Waals surface area (Å²) in [6.07, 6.45) is 2.66. The van der Waals surface area contributed by atoms with E-state index in [1.807, 2.05) is 35.1 Å². The van der Waals surface area contributed by atoms with Gasteiger partial charge in [-0.05, 0) is 40.5 Å². The molecule has 0 spiro atoms. The fraction of sp³-hybridized carbons (Fsp3) is 0.200. The number of benzene rings is 1. The van der Waals surface area contributed by atoms with Crippen LogP contribution in [0.25, 0.3) is 10.9 Å². The number of aromatic nitrogens is 2. The fourth-order valence-corrected chi connectivity index (χ4v) is 2.46. The highest BCUT2D eigenvalue weighted by Gasteiger charge is 2.09. The Morgan fingerprint density at radius 3 is 2.95 bits per heavy atom. The van der Waals surface area contributed by atoms with Crippen molar-refractivity contribution in [3.8, 4) is 0 Å². The monoisotopic (exact) mass is 347 g/mol. The molecule has 3 rings (SSSR count). The zero-order chi connectivity index (χ0) is 14.7. The summed E-state index contributed by atoms with van der Waals surface area (Å²) in [5.41, 5.74) is 1.11. The van der Waals surface area contributed by atoms with Gasteiger partial charge in [0.25, 0.3) is 5.91 Å². The van der Waals surface area contributed by atoms with E-state index in [0.717, 1.165) is 23.9 Å². The van der Waals surface area contributed by atoms with Gasteiger partial charge in [-0.15, -0.1) is 0 Å². The molecule has 5 nitrogen and oxygen atoms in total. The van der Waals surface area contributed by atoms with E-state index in [-0.39, 0.29) is 5.91 Å². The number of fused-ring (bicyclic) bond motifs is 1. The van der Waals surface area contributed by atoms with Gasteiger partial charge >= 0.3 is 0 Å². The lowest BCUT2D eigenvalue weighted by Crippen LogP contribution is -2.24. The number of hydrogen-bond acceptors (Lipinski definition) is 3. The highest BCUT2D eigenvalue weighted by Crippen LogP contribution is 2.14. The van der Waals surface area contributed by atoms with Crippen molar-refractivity contribution < 1.29 is 9.21 Å². The number of aryl methyl sites for hydroxylation is 1. The van der Waals surface area contributed by atoms with Gasteiger partial charge in [0.15, 0.2) is 10.4 Å². The highest BCUT2D eigenvalue weighted by molar-refractivity contribution is 9.10. The molecule has 0 aliphatic heterocycles. The molecule has 0 saturated heterocycles. The molecule has 0 aliphatic carbocycles. The summed E-state index contributed by atoms with van der Waals surface area (Å²) >= 11 is 3.17. The molecular formula is C15H14BrN3O2. The first-order valence-corrected chi connectivity index (χ1v) is 7.47. The van der Waals surface area contributed by atoms with Crippen LogP contribution in [0.1, 0.15) is 17.0 Å². The number of rotatable bonds is 5. The number of hydrogen-bond donors (Lipinski definition) is 1. The summed E-state index contributed by atoms with van der Waals surface area (Å²) in [4.78, 5) is 11.8. The predicted octanol–water partition coefficient (Wildman–Crippen LogP) is 3.21. The number of carbonyl (C=O) groups excluding carboxylic acids is 1. The van der Waals surface area contributed by atoms with E-state index < -0.39 is 0 Å². The Labute approximate surface area is 130 Å². The first kappa shape index (κ1) is 13.9. The highest BCUT2D eigenvalue weighted by atomic mass is 79.9. The smallest absolute Gasteiger partial charge is 0.287 e. The van der Waals surface area contributed by atoms with Crippen molar-refractivity contribution in [2.75, 3.05) is 6.54 Å². The largest absolute Gasteiger partial charge is 0.444 e. The predicted molar refractivity (Wildman–Crippen MR) is 83.1 cm³/mol. The first-order chi connectivity index (χ1) is 10.2. The third-order valence-corrected chi connectivity index (χ3v) is 3.61. The number of para-hydroxylation sites is 1. The van der Waals surface area contributed by atoms with Crippen LogP contribution in [-0.2, 0) is 6.54 Å². The average molecular weight is 348 g/mol. The third-order valence-electron chi connectivity index (χ3n) is 3.18. The van der Waals surface area contributed by atoms with Gasteiger partial charge in [0.05, 0.1) is 11.7 Å². The molecule has 0 saturated carbocycles. The second-order valence-corrected chi connectivity index (χ2v) is 5.42. The van der Waals surface area contributed by atoms with Crippen molar-refractivity contribution in [3.05, 3.63) is 53.0 Å². The van der Waals surface area contributed by atoms with Crippen LogP contribution in [0.15, 0.2) is 51.7 Å². The van der Waals surface area contributed by atoms with Crippen LogP contribution in [-0.4, -0.2) is 22.2 Å². The van der Waals surface area contributed by atoms with Crippen molar-refractivity contribution in [1.29, 1.82) is 0 Å². The van der Waals surface area contributed by atoms with Crippen LogP contribution in [0.2, 0.25) is 0 Å². The maximum atomic E-state index is 11.8. The van der Waals surface area contributed by atoms with Crippen molar-refractivity contribution in [2.24, 2.45) is 0 Å². The minimum absolute atomic E-state index is 0.203. The van der Waals surface area contributed by atoms with Crippen molar-refractivity contribution >= 4 is 32.7 Å². The number of halogens is 1. The van der Waals surface area contributed by atoms with Gasteiger partial charge in [-0.25, -0.2) is 0 Å². The first-order valence-electron chi connectivity index (χ1n) is 6.68. The molecule has 0 bridgehead atoms. The number of nitrogens with one attached hydrogen (secondary N) is 1. The van der Waals surface area contributed by atoms with E-state index >= 15 is 0 Å². The van der Waals surface area contributed by atoms with Gasteiger partial charge in [0.1, 0.15) is 0 Å². The molecule has 2 aromatic heterocycles. The molecule has 1 aromatic carbocycles. The number of carbonyl (C=O) groups is 1. The normalized spacial score (nSPS) is 10.9. The van der Waals surface area contributed by atoms with Crippen LogP contribution >= 0.6 is 15.9 Å². The molecule has 108 valence electrons. The number of nitrogens with zero attached hydrogens (tertiary/aromatic N) is 2. The Kier molecular flexibility index (Phi) is 4.06. The molecule has 3 aromatic rings. The Hall–Kier alpha value is -2.08. The maximum Gasteiger partial charge on any atom is 0.287 e. The van der Waals surface area contributed by atoms with Crippen molar-refractivity contribution in [3.63, 3.8) is 0 Å². The van der Waals surface area contributed by atoms with Gasteiger partial charge in [-0.1, -0.05) is 18.2 Å². The molecule has 0 radical (unpaired) electrons. The lowest BCUT2D eigenvalue weighted by Gasteiger charge is -2.05. The third kappa shape index (κ3) is 3.16.